The van der Waals surface area contributed by atoms with Crippen LogP contribution in [0.4, 0.5) is 8.78 Å². The molecule has 1 N–H and O–H groups in total. The van der Waals surface area contributed by atoms with Crippen LogP contribution in [-0.4, -0.2) is 63.3 Å². The summed E-state index contributed by atoms with van der Waals surface area (Å²) in [5, 5.41) is 10.0. The highest BCUT2D eigenvalue weighted by molar-refractivity contribution is 8.14. The number of carbonyl (C=O) groups is 4. The Kier molecular flexibility index (Phi) is 6.69. The van der Waals surface area contributed by atoms with Crippen molar-refractivity contribution in [3.05, 3.63) is 23.8 Å². The molecule has 10 heteroatoms. The number of rotatable bonds is 5. The molecule has 38 heavy (non-hydrogen) atoms. The number of hydrogen-bond donors (Lipinski definition) is 1. The molecule has 4 fully saturated rings. The Hall–Kier alpha value is -2.07. The van der Waals surface area contributed by atoms with E-state index in [9.17, 15) is 24.3 Å². The van der Waals surface area contributed by atoms with Crippen molar-refractivity contribution in [2.24, 2.45) is 22.7 Å². The van der Waals surface area contributed by atoms with Crippen LogP contribution in [0.5, 0.6) is 0 Å². The molecule has 1 heterocycles. The maximum absolute atomic E-state index is 17.0. The zero-order valence-corrected chi connectivity index (χ0v) is 22.7. The minimum atomic E-state index is -2.07. The summed E-state index contributed by atoms with van der Waals surface area (Å²) in [6, 6.07) is 0. The minimum absolute atomic E-state index is 0.0310. The lowest BCUT2D eigenvalue weighted by Gasteiger charge is -2.60. The number of carbonyl (C=O) groups excluding carboxylic acids is 4. The molecule has 5 aliphatic rings. The van der Waals surface area contributed by atoms with Crippen molar-refractivity contribution in [1.82, 2.24) is 0 Å². The normalized spacial score (nSPS) is 43.3. The summed E-state index contributed by atoms with van der Waals surface area (Å²) in [5.74, 6) is -2.50. The first-order valence-electron chi connectivity index (χ1n) is 13.3. The second-order valence-corrected chi connectivity index (χ2v) is 13.6. The molecule has 7 nitrogen and oxygen atoms in total. The molecule has 5 rings (SSSR count). The van der Waals surface area contributed by atoms with Crippen LogP contribution >= 0.6 is 11.8 Å². The number of esters is 2. The Morgan fingerprint density at radius 2 is 1.97 bits per heavy atom. The number of aliphatic hydroxyl groups is 1. The van der Waals surface area contributed by atoms with Crippen LogP contribution in [0.15, 0.2) is 23.8 Å². The van der Waals surface area contributed by atoms with Crippen molar-refractivity contribution in [3.63, 3.8) is 0 Å². The number of cyclic esters (lactones) is 1. The summed E-state index contributed by atoms with van der Waals surface area (Å²) in [6.45, 7) is 4.96. The first-order chi connectivity index (χ1) is 17.7. The molecule has 0 aromatic heterocycles. The van der Waals surface area contributed by atoms with E-state index in [0.717, 1.165) is 11.8 Å². The van der Waals surface area contributed by atoms with E-state index in [1.165, 1.54) is 25.2 Å². The molecule has 0 spiro atoms. The molecule has 0 aromatic rings. The van der Waals surface area contributed by atoms with Crippen molar-refractivity contribution in [1.29, 1.82) is 0 Å². The Morgan fingerprint density at radius 1 is 1.24 bits per heavy atom. The first-order valence-corrected chi connectivity index (χ1v) is 14.1. The topological polar surface area (TPSA) is 107 Å². The number of allylic oxidation sites excluding steroid dienone is 4. The van der Waals surface area contributed by atoms with Gasteiger partial charge in [0.25, 0.3) is 0 Å². The van der Waals surface area contributed by atoms with Crippen molar-refractivity contribution in [3.8, 4) is 0 Å². The molecule has 208 valence electrons. The van der Waals surface area contributed by atoms with Crippen LogP contribution in [0.2, 0.25) is 0 Å². The lowest BCUT2D eigenvalue weighted by Crippen LogP contribution is -2.62. The van der Waals surface area contributed by atoms with E-state index in [1.54, 1.807) is 6.92 Å². The van der Waals surface area contributed by atoms with E-state index in [0.29, 0.717) is 19.3 Å². The molecule has 3 saturated carbocycles. The number of ether oxygens (including phenoxy) is 2. The van der Waals surface area contributed by atoms with E-state index in [4.69, 9.17) is 9.47 Å². The van der Waals surface area contributed by atoms with Gasteiger partial charge in [-0.25, -0.2) is 13.6 Å². The van der Waals surface area contributed by atoms with Gasteiger partial charge in [0, 0.05) is 16.7 Å². The lowest BCUT2D eigenvalue weighted by atomic mass is 9.46. The molecule has 0 aromatic carbocycles. The minimum Gasteiger partial charge on any atom is -0.464 e. The average molecular weight is 553 g/mol. The van der Waals surface area contributed by atoms with Crippen LogP contribution in [0, 0.1) is 22.7 Å². The highest BCUT2D eigenvalue weighted by Gasteiger charge is 2.69. The van der Waals surface area contributed by atoms with E-state index in [-0.39, 0.29) is 54.4 Å². The van der Waals surface area contributed by atoms with Gasteiger partial charge in [0.05, 0.1) is 18.1 Å². The van der Waals surface area contributed by atoms with Gasteiger partial charge in [-0.1, -0.05) is 24.8 Å². The van der Waals surface area contributed by atoms with Crippen molar-refractivity contribution in [2.45, 2.75) is 94.5 Å². The molecule has 1 aliphatic heterocycles. The maximum Gasteiger partial charge on any atom is 0.338 e. The first kappa shape index (κ1) is 27.5. The second kappa shape index (κ2) is 9.25. The number of fused-ring (bicyclic) bond motifs is 5. The third kappa shape index (κ3) is 4.26. The quantitative estimate of drug-likeness (QED) is 0.511. The van der Waals surface area contributed by atoms with Gasteiger partial charge in [-0.3, -0.25) is 14.4 Å². The fourth-order valence-electron chi connectivity index (χ4n) is 7.62. The van der Waals surface area contributed by atoms with Crippen LogP contribution in [0.25, 0.3) is 0 Å². The predicted molar refractivity (Wildman–Crippen MR) is 134 cm³/mol. The maximum atomic E-state index is 17.0. The number of hydrogen-bond acceptors (Lipinski definition) is 8. The number of halogens is 2. The number of alkyl halides is 2. The zero-order chi connectivity index (χ0) is 27.7. The van der Waals surface area contributed by atoms with Crippen LogP contribution in [-0.2, 0) is 28.7 Å². The molecular weight excluding hydrogens is 518 g/mol. The lowest BCUT2D eigenvalue weighted by molar-refractivity contribution is -0.185. The Bertz CT molecular complexity index is 1130. The van der Waals surface area contributed by atoms with Crippen LogP contribution < -0.4 is 0 Å². The van der Waals surface area contributed by atoms with Gasteiger partial charge in [-0.05, 0) is 69.6 Å². The van der Waals surface area contributed by atoms with E-state index < -0.39 is 57.8 Å². The molecule has 0 amide bonds. The predicted octanol–water partition coefficient (Wildman–Crippen LogP) is 3.96. The van der Waals surface area contributed by atoms with E-state index >= 15 is 8.78 Å². The van der Waals surface area contributed by atoms with Crippen molar-refractivity contribution < 1.29 is 42.5 Å². The van der Waals surface area contributed by atoms with Gasteiger partial charge < -0.3 is 14.6 Å². The van der Waals surface area contributed by atoms with E-state index in [1.807, 2.05) is 6.92 Å². The van der Waals surface area contributed by atoms with E-state index in [2.05, 4.69) is 0 Å². The Labute approximate surface area is 224 Å². The summed E-state index contributed by atoms with van der Waals surface area (Å²) in [4.78, 5) is 48.7. The fourth-order valence-corrected chi connectivity index (χ4v) is 8.72. The molecule has 2 unspecified atom stereocenters. The van der Waals surface area contributed by atoms with Gasteiger partial charge in [0.15, 0.2) is 16.5 Å². The van der Waals surface area contributed by atoms with Crippen LogP contribution in [0.1, 0.15) is 65.7 Å². The van der Waals surface area contributed by atoms with Gasteiger partial charge in [0.2, 0.25) is 0 Å². The van der Waals surface area contributed by atoms with Gasteiger partial charge in [-0.15, -0.1) is 0 Å². The largest absolute Gasteiger partial charge is 0.464 e. The Balaban J connectivity index is 1.28. The number of thioether (sulfide) groups is 1. The highest BCUT2D eigenvalue weighted by Crippen LogP contribution is 2.68. The molecule has 1 saturated heterocycles. The number of ketones is 1. The summed E-state index contributed by atoms with van der Waals surface area (Å²) in [5.41, 5.74) is -5.42. The molecular formula is C28H34F2O7S. The second-order valence-electron chi connectivity index (χ2n) is 12.2. The van der Waals surface area contributed by atoms with Crippen LogP contribution in [0.3, 0.4) is 0 Å². The fraction of sp³-hybridized carbons (Fsp3) is 0.714. The summed E-state index contributed by atoms with van der Waals surface area (Å²) in [6.07, 6.45) is 3.17. The van der Waals surface area contributed by atoms with Crippen molar-refractivity contribution in [2.75, 3.05) is 6.61 Å². The smallest absolute Gasteiger partial charge is 0.338 e. The average Bonchev–Trinajstić information content (AvgIpc) is 3.38. The zero-order valence-electron chi connectivity index (χ0n) is 21.8. The van der Waals surface area contributed by atoms with Gasteiger partial charge in [-0.2, -0.15) is 0 Å². The van der Waals surface area contributed by atoms with Crippen molar-refractivity contribution >= 4 is 34.6 Å². The third-order valence-electron chi connectivity index (χ3n) is 9.86. The monoisotopic (exact) mass is 552 g/mol. The third-order valence-corrected chi connectivity index (χ3v) is 10.9. The molecule has 0 radical (unpaired) electrons. The summed E-state index contributed by atoms with van der Waals surface area (Å²) >= 11 is 0.875. The SMILES string of the molecule is CC(O)(CC(=O)SC1COC(=O)C1)C(=O)O[C@@H]1CC[C@H]2[C@@H]3C[C@H](F)C4=CC(=O)C=C[C@]4(C)[C@@]3(F)CC[C@]12C. The van der Waals surface area contributed by atoms with Gasteiger partial charge in [0.1, 0.15) is 24.6 Å². The highest BCUT2D eigenvalue weighted by atomic mass is 32.2. The Morgan fingerprint density at radius 3 is 2.66 bits per heavy atom. The summed E-state index contributed by atoms with van der Waals surface area (Å²) < 4.78 is 43.0. The van der Waals surface area contributed by atoms with Gasteiger partial charge >= 0.3 is 11.9 Å². The molecule has 4 aliphatic carbocycles. The molecule has 0 bridgehead atoms. The standard InChI is InChI=1S/C28H34F2O7S/c1-25-8-9-28(30)18(12-20(29)19-10-15(31)6-7-26(19,28)2)17(25)4-5-21(25)37-24(34)27(3,35)13-23(33)38-16-11-22(32)36-14-16/h6-7,10,16-18,20-21,35H,4-5,8-9,11-14H2,1-3H3/t16?,17-,18-,20-,21+,25-,26-,27?,28+/m0/s1. The summed E-state index contributed by atoms with van der Waals surface area (Å²) in [7, 11) is 0. The molecule has 9 atom stereocenters.